The van der Waals surface area contributed by atoms with Crippen molar-refractivity contribution in [2.75, 3.05) is 0 Å². The standard InChI is InChI=1S/C15H20N4O/c1-2-6-13(5-1)20-15-12(4-3-7-19-15)10-16-11-14-17-8-9-18-14/h3-4,7-9,13,16H,1-2,5-6,10-11H2,(H,17,18). The minimum atomic E-state index is 0.341. The van der Waals surface area contributed by atoms with Crippen LogP contribution >= 0.6 is 0 Å². The largest absolute Gasteiger partial charge is 0.474 e. The highest BCUT2D eigenvalue weighted by Crippen LogP contribution is 2.24. The Morgan fingerprint density at radius 2 is 2.10 bits per heavy atom. The van der Waals surface area contributed by atoms with E-state index in [4.69, 9.17) is 4.74 Å². The fourth-order valence-corrected chi connectivity index (χ4v) is 2.54. The highest BCUT2D eigenvalue weighted by molar-refractivity contribution is 5.25. The monoisotopic (exact) mass is 272 g/mol. The summed E-state index contributed by atoms with van der Waals surface area (Å²) in [5, 5.41) is 3.36. The minimum absolute atomic E-state index is 0.341. The molecule has 3 rings (SSSR count). The number of pyridine rings is 1. The predicted molar refractivity (Wildman–Crippen MR) is 76.3 cm³/mol. The lowest BCUT2D eigenvalue weighted by Crippen LogP contribution is -2.17. The number of aromatic amines is 1. The number of hydrogen-bond acceptors (Lipinski definition) is 4. The molecule has 0 radical (unpaired) electrons. The van der Waals surface area contributed by atoms with Crippen LogP contribution in [0.3, 0.4) is 0 Å². The molecule has 2 heterocycles. The first-order valence-corrected chi connectivity index (χ1v) is 7.21. The summed E-state index contributed by atoms with van der Waals surface area (Å²) in [4.78, 5) is 11.6. The zero-order valence-electron chi connectivity index (χ0n) is 11.5. The predicted octanol–water partition coefficient (Wildman–Crippen LogP) is 2.42. The summed E-state index contributed by atoms with van der Waals surface area (Å²) in [6.45, 7) is 1.45. The number of nitrogens with zero attached hydrogens (tertiary/aromatic N) is 2. The van der Waals surface area contributed by atoms with Crippen molar-refractivity contribution in [1.29, 1.82) is 0 Å². The van der Waals surface area contributed by atoms with Gasteiger partial charge < -0.3 is 15.0 Å². The van der Waals surface area contributed by atoms with E-state index >= 15 is 0 Å². The fraction of sp³-hybridized carbons (Fsp3) is 0.467. The smallest absolute Gasteiger partial charge is 0.218 e. The molecule has 2 N–H and O–H groups in total. The van der Waals surface area contributed by atoms with Gasteiger partial charge in [-0.2, -0.15) is 0 Å². The summed E-state index contributed by atoms with van der Waals surface area (Å²) >= 11 is 0. The molecule has 5 nitrogen and oxygen atoms in total. The molecule has 2 aromatic rings. The number of rotatable bonds is 6. The van der Waals surface area contributed by atoms with Crippen LogP contribution < -0.4 is 10.1 Å². The molecule has 1 aliphatic carbocycles. The Morgan fingerprint density at radius 1 is 1.20 bits per heavy atom. The van der Waals surface area contributed by atoms with Crippen molar-refractivity contribution >= 4 is 0 Å². The number of ether oxygens (including phenoxy) is 1. The summed E-state index contributed by atoms with van der Waals surface area (Å²) in [5.41, 5.74) is 1.10. The van der Waals surface area contributed by atoms with Gasteiger partial charge in [0.2, 0.25) is 5.88 Å². The van der Waals surface area contributed by atoms with E-state index in [-0.39, 0.29) is 0 Å². The average molecular weight is 272 g/mol. The summed E-state index contributed by atoms with van der Waals surface area (Å²) in [7, 11) is 0. The Hall–Kier alpha value is -1.88. The molecule has 1 aliphatic rings. The molecule has 106 valence electrons. The van der Waals surface area contributed by atoms with Crippen LogP contribution in [0.4, 0.5) is 0 Å². The zero-order valence-corrected chi connectivity index (χ0v) is 11.5. The third-order valence-corrected chi connectivity index (χ3v) is 3.59. The molecule has 0 aromatic carbocycles. The maximum absolute atomic E-state index is 6.02. The number of nitrogens with one attached hydrogen (secondary N) is 2. The van der Waals surface area contributed by atoms with Crippen LogP contribution in [0.2, 0.25) is 0 Å². The normalized spacial score (nSPS) is 15.6. The van der Waals surface area contributed by atoms with Gasteiger partial charge in [-0.05, 0) is 31.7 Å². The Kier molecular flexibility index (Phi) is 4.28. The fourth-order valence-electron chi connectivity index (χ4n) is 2.54. The van der Waals surface area contributed by atoms with Crippen LogP contribution in [0.5, 0.6) is 5.88 Å². The van der Waals surface area contributed by atoms with E-state index in [9.17, 15) is 0 Å². The third kappa shape index (κ3) is 3.36. The van der Waals surface area contributed by atoms with Crippen molar-refractivity contribution in [3.8, 4) is 5.88 Å². The van der Waals surface area contributed by atoms with E-state index in [0.29, 0.717) is 12.6 Å². The summed E-state index contributed by atoms with van der Waals surface area (Å²) < 4.78 is 6.02. The molecule has 2 aromatic heterocycles. The average Bonchev–Trinajstić information content (AvgIpc) is 3.14. The molecule has 5 heteroatoms. The molecular formula is C15H20N4O. The van der Waals surface area contributed by atoms with Gasteiger partial charge in [0.05, 0.1) is 6.54 Å². The van der Waals surface area contributed by atoms with Gasteiger partial charge in [0.15, 0.2) is 0 Å². The molecule has 1 saturated carbocycles. The highest BCUT2D eigenvalue weighted by Gasteiger charge is 2.18. The van der Waals surface area contributed by atoms with Crippen molar-refractivity contribution in [3.63, 3.8) is 0 Å². The van der Waals surface area contributed by atoms with Crippen LogP contribution in [0.15, 0.2) is 30.7 Å². The lowest BCUT2D eigenvalue weighted by Gasteiger charge is -2.15. The molecule has 0 aliphatic heterocycles. The van der Waals surface area contributed by atoms with E-state index in [2.05, 4.69) is 26.3 Å². The summed E-state index contributed by atoms with van der Waals surface area (Å²) in [5.74, 6) is 1.71. The van der Waals surface area contributed by atoms with Crippen LogP contribution in [0, 0.1) is 0 Å². The first kappa shape index (κ1) is 13.1. The van der Waals surface area contributed by atoms with Gasteiger partial charge in [-0.3, -0.25) is 0 Å². The maximum atomic E-state index is 6.02. The van der Waals surface area contributed by atoms with Crippen LogP contribution in [0.1, 0.15) is 37.1 Å². The number of imidazole rings is 1. The van der Waals surface area contributed by atoms with E-state index in [1.807, 2.05) is 12.3 Å². The van der Waals surface area contributed by atoms with Crippen LogP contribution in [-0.2, 0) is 13.1 Å². The minimum Gasteiger partial charge on any atom is -0.474 e. The second-order valence-corrected chi connectivity index (χ2v) is 5.13. The van der Waals surface area contributed by atoms with E-state index in [0.717, 1.165) is 36.7 Å². The lowest BCUT2D eigenvalue weighted by atomic mass is 10.2. The molecular weight excluding hydrogens is 252 g/mol. The molecule has 0 saturated heterocycles. The summed E-state index contributed by atoms with van der Waals surface area (Å²) in [6, 6.07) is 4.01. The first-order chi connectivity index (χ1) is 9.92. The van der Waals surface area contributed by atoms with Crippen LogP contribution in [-0.4, -0.2) is 21.1 Å². The Labute approximate surface area is 118 Å². The number of hydrogen-bond donors (Lipinski definition) is 2. The van der Waals surface area contributed by atoms with Crippen molar-refractivity contribution in [3.05, 3.63) is 42.1 Å². The molecule has 0 unspecified atom stereocenters. The Bertz CT molecular complexity index is 520. The lowest BCUT2D eigenvalue weighted by molar-refractivity contribution is 0.199. The maximum Gasteiger partial charge on any atom is 0.218 e. The molecule has 0 bridgehead atoms. The van der Waals surface area contributed by atoms with E-state index < -0.39 is 0 Å². The Balaban J connectivity index is 1.57. The van der Waals surface area contributed by atoms with Crippen molar-refractivity contribution in [2.24, 2.45) is 0 Å². The topological polar surface area (TPSA) is 62.8 Å². The van der Waals surface area contributed by atoms with Crippen LogP contribution in [0.25, 0.3) is 0 Å². The molecule has 1 fully saturated rings. The third-order valence-electron chi connectivity index (χ3n) is 3.59. The summed E-state index contributed by atoms with van der Waals surface area (Å²) in [6.07, 6.45) is 10.6. The van der Waals surface area contributed by atoms with Gasteiger partial charge >= 0.3 is 0 Å². The first-order valence-electron chi connectivity index (χ1n) is 7.21. The van der Waals surface area contributed by atoms with E-state index in [1.54, 1.807) is 12.4 Å². The highest BCUT2D eigenvalue weighted by atomic mass is 16.5. The van der Waals surface area contributed by atoms with Crippen molar-refractivity contribution in [2.45, 2.75) is 44.9 Å². The molecule has 0 spiro atoms. The van der Waals surface area contributed by atoms with Crippen molar-refractivity contribution in [1.82, 2.24) is 20.3 Å². The zero-order chi connectivity index (χ0) is 13.6. The van der Waals surface area contributed by atoms with Gasteiger partial charge in [0.25, 0.3) is 0 Å². The second kappa shape index (κ2) is 6.52. The van der Waals surface area contributed by atoms with Gasteiger partial charge in [0.1, 0.15) is 11.9 Å². The molecule has 0 amide bonds. The Morgan fingerprint density at radius 3 is 2.90 bits per heavy atom. The molecule has 20 heavy (non-hydrogen) atoms. The van der Waals surface area contributed by atoms with Gasteiger partial charge in [0, 0.05) is 30.7 Å². The van der Waals surface area contributed by atoms with Gasteiger partial charge in [-0.25, -0.2) is 9.97 Å². The SMILES string of the molecule is c1cnc(OC2CCCC2)c(CNCc2ncc[nH]2)c1. The van der Waals surface area contributed by atoms with Crippen molar-refractivity contribution < 1.29 is 4.74 Å². The second-order valence-electron chi connectivity index (χ2n) is 5.13. The quantitative estimate of drug-likeness (QED) is 0.847. The molecule has 0 atom stereocenters. The van der Waals surface area contributed by atoms with Gasteiger partial charge in [-0.1, -0.05) is 6.07 Å². The number of aromatic nitrogens is 3. The van der Waals surface area contributed by atoms with Gasteiger partial charge in [-0.15, -0.1) is 0 Å². The number of H-pyrrole nitrogens is 1. The van der Waals surface area contributed by atoms with E-state index in [1.165, 1.54) is 12.8 Å².